The van der Waals surface area contributed by atoms with Crippen molar-refractivity contribution in [3.63, 3.8) is 0 Å². The van der Waals surface area contributed by atoms with Gasteiger partial charge in [0, 0.05) is 32.4 Å². The van der Waals surface area contributed by atoms with Crippen LogP contribution < -0.4 is 10.2 Å². The van der Waals surface area contributed by atoms with E-state index in [1.54, 1.807) is 72.8 Å². The number of carbonyl (C=O) groups excluding carboxylic acids is 2. The number of aromatic nitrogens is 1. The quantitative estimate of drug-likeness (QED) is 0.0923. The molecule has 1 saturated heterocycles. The minimum atomic E-state index is -0.458. The maximum atomic E-state index is 13.9. The molecule has 9 nitrogen and oxygen atoms in total. The van der Waals surface area contributed by atoms with Crippen molar-refractivity contribution in [2.24, 2.45) is 4.99 Å². The predicted octanol–water partition coefficient (Wildman–Crippen LogP) is 12.0. The minimum Gasteiger partial charge on any atom is -0.322 e. The van der Waals surface area contributed by atoms with Crippen LogP contribution >= 0.6 is 69.7 Å². The predicted molar refractivity (Wildman–Crippen MR) is 219 cm³/mol. The third-order valence-electron chi connectivity index (χ3n) is 8.01. The first kappa shape index (κ1) is 36.7. The molecule has 7 rings (SSSR count). The number of nitrogens with one attached hydrogen (secondary N) is 1. The number of thiazole rings is 1. The zero-order chi connectivity index (χ0) is 37.4. The molecule has 1 aliphatic rings. The molecule has 15 heteroatoms. The summed E-state index contributed by atoms with van der Waals surface area (Å²) in [4.78, 5) is 50.0. The normalized spacial score (nSPS) is 14.4. The topological polar surface area (TPSA) is 118 Å². The molecule has 264 valence electrons. The number of hydrogen-bond donors (Lipinski definition) is 1. The van der Waals surface area contributed by atoms with Gasteiger partial charge in [-0.05, 0) is 121 Å². The fraction of sp³-hybridized carbons (Fsp3) is 0.0526. The van der Waals surface area contributed by atoms with Crippen LogP contribution in [-0.2, 0) is 4.79 Å². The number of amidine groups is 1. The van der Waals surface area contributed by atoms with E-state index in [0.717, 1.165) is 39.4 Å². The Kier molecular flexibility index (Phi) is 10.6. The van der Waals surface area contributed by atoms with Crippen molar-refractivity contribution >= 4 is 126 Å². The highest BCUT2D eigenvalue weighted by molar-refractivity contribution is 8.19. The zero-order valence-corrected chi connectivity index (χ0v) is 32.3. The maximum absolute atomic E-state index is 13.9. The smallest absolute Gasteiger partial charge is 0.283 e. The monoisotopic (exact) mass is 815 g/mol. The van der Waals surface area contributed by atoms with Crippen molar-refractivity contribution < 1.29 is 14.5 Å². The van der Waals surface area contributed by atoms with Crippen molar-refractivity contribution in [2.45, 2.75) is 23.1 Å². The second-order valence-electron chi connectivity index (χ2n) is 11.7. The van der Waals surface area contributed by atoms with Crippen LogP contribution in [0.4, 0.5) is 22.7 Å². The van der Waals surface area contributed by atoms with Gasteiger partial charge in [0.05, 0.1) is 36.3 Å². The Morgan fingerprint density at radius 2 is 1.66 bits per heavy atom. The number of benzene rings is 5. The number of amides is 2. The van der Waals surface area contributed by atoms with Crippen LogP contribution in [0.25, 0.3) is 16.3 Å². The Balaban J connectivity index is 1.15. The SMILES string of the molecule is Cc1ccc(N=C2S/C(=C\c3ccc(Sc4nc5ccc(NC(=O)c6ccc(Cl)cc6)cc5s4)c([N+](=O)[O-])c3)C(=O)N2c2ccc(C)c(Cl)c2)cc1Cl. The molecule has 1 N–H and O–H groups in total. The lowest BCUT2D eigenvalue weighted by Gasteiger charge is -2.16. The Morgan fingerprint density at radius 1 is 0.925 bits per heavy atom. The second-order valence-corrected chi connectivity index (χ2v) is 16.3. The van der Waals surface area contributed by atoms with Gasteiger partial charge in [-0.25, -0.2) is 9.98 Å². The number of halogens is 3. The second kappa shape index (κ2) is 15.3. The lowest BCUT2D eigenvalue weighted by molar-refractivity contribution is -0.387. The minimum absolute atomic E-state index is 0.139. The van der Waals surface area contributed by atoms with E-state index in [1.165, 1.54) is 22.3 Å². The molecular formula is C38H24Cl3N5O4S3. The van der Waals surface area contributed by atoms with Gasteiger partial charge in [0.25, 0.3) is 17.5 Å². The molecule has 0 unspecified atom stereocenters. The highest BCUT2D eigenvalue weighted by Gasteiger charge is 2.35. The van der Waals surface area contributed by atoms with Gasteiger partial charge in [-0.1, -0.05) is 64.8 Å². The van der Waals surface area contributed by atoms with Crippen LogP contribution in [-0.4, -0.2) is 26.9 Å². The Labute approximate surface area is 330 Å². The summed E-state index contributed by atoms with van der Waals surface area (Å²) in [6.07, 6.45) is 1.61. The van der Waals surface area contributed by atoms with E-state index in [2.05, 4.69) is 10.3 Å². The molecule has 1 fully saturated rings. The number of nitro groups is 1. The molecule has 1 aromatic heterocycles. The zero-order valence-electron chi connectivity index (χ0n) is 27.6. The van der Waals surface area contributed by atoms with Crippen molar-refractivity contribution in [1.82, 2.24) is 4.98 Å². The number of hydrogen-bond acceptors (Lipinski definition) is 9. The number of carbonyl (C=O) groups is 2. The van der Waals surface area contributed by atoms with E-state index in [1.807, 2.05) is 38.1 Å². The Hall–Kier alpha value is -4.69. The number of anilines is 2. The van der Waals surface area contributed by atoms with Crippen LogP contribution in [0.15, 0.2) is 116 Å². The number of nitrogens with zero attached hydrogens (tertiary/aromatic N) is 4. The molecule has 53 heavy (non-hydrogen) atoms. The van der Waals surface area contributed by atoms with Crippen molar-refractivity contribution in [2.75, 3.05) is 10.2 Å². The van der Waals surface area contributed by atoms with Gasteiger partial charge in [0.15, 0.2) is 9.51 Å². The molecule has 0 atom stereocenters. The summed E-state index contributed by atoms with van der Waals surface area (Å²) in [6, 6.07) is 27.4. The number of rotatable bonds is 8. The molecule has 0 spiro atoms. The van der Waals surface area contributed by atoms with Crippen LogP contribution in [0.1, 0.15) is 27.0 Å². The molecule has 2 heterocycles. The largest absolute Gasteiger partial charge is 0.322 e. The van der Waals surface area contributed by atoms with Crippen LogP contribution in [0.5, 0.6) is 0 Å². The van der Waals surface area contributed by atoms with Crippen molar-refractivity contribution in [3.8, 4) is 0 Å². The Morgan fingerprint density at radius 3 is 2.38 bits per heavy atom. The van der Waals surface area contributed by atoms with Gasteiger partial charge in [0.2, 0.25) is 0 Å². The molecule has 0 saturated carbocycles. The summed E-state index contributed by atoms with van der Waals surface area (Å²) in [5.41, 5.74) is 4.90. The maximum Gasteiger partial charge on any atom is 0.283 e. The van der Waals surface area contributed by atoms with E-state index in [9.17, 15) is 19.7 Å². The molecule has 0 radical (unpaired) electrons. The lowest BCUT2D eigenvalue weighted by atomic mass is 10.1. The standard InChI is InChI=1S/C38H24Cl3N5O4S3/c1-20-3-10-25(17-28(20)40)43-37-45(27-12-4-21(2)29(41)19-27)36(48)34(51-37)16-22-5-14-32(31(15-22)46(49)50)52-38-44-30-13-11-26(18-33(30)53-38)42-35(47)23-6-8-24(39)9-7-23/h3-19H,1-2H3,(H,42,47)/b34-16-,43-37?. The van der Waals surface area contributed by atoms with E-state index in [-0.39, 0.29) is 17.5 Å². The molecule has 0 aliphatic carbocycles. The number of aliphatic imine (C=N–C) groups is 1. The van der Waals surface area contributed by atoms with Gasteiger partial charge in [0.1, 0.15) is 0 Å². The lowest BCUT2D eigenvalue weighted by Crippen LogP contribution is -2.28. The Bertz CT molecular complexity index is 2540. The van der Waals surface area contributed by atoms with E-state index in [4.69, 9.17) is 39.8 Å². The summed E-state index contributed by atoms with van der Waals surface area (Å²) < 4.78 is 1.38. The average Bonchev–Trinajstić information content (AvgIpc) is 3.67. The summed E-state index contributed by atoms with van der Waals surface area (Å²) in [6.45, 7) is 3.76. The van der Waals surface area contributed by atoms with Gasteiger partial charge in [-0.15, -0.1) is 11.3 Å². The molecule has 2 amide bonds. The van der Waals surface area contributed by atoms with Gasteiger partial charge in [-0.3, -0.25) is 24.6 Å². The fourth-order valence-electron chi connectivity index (χ4n) is 5.19. The van der Waals surface area contributed by atoms with Gasteiger partial charge >= 0.3 is 0 Å². The third-order valence-corrected chi connectivity index (χ3v) is 12.2. The molecule has 6 aromatic rings. The molecule has 1 aliphatic heterocycles. The van der Waals surface area contributed by atoms with E-state index in [0.29, 0.717) is 68.1 Å². The number of aryl methyl sites for hydroxylation is 2. The van der Waals surface area contributed by atoms with Crippen LogP contribution in [0.2, 0.25) is 15.1 Å². The molecular weight excluding hydrogens is 793 g/mol. The highest BCUT2D eigenvalue weighted by atomic mass is 35.5. The van der Waals surface area contributed by atoms with E-state index >= 15 is 0 Å². The number of thioether (sulfide) groups is 1. The van der Waals surface area contributed by atoms with Crippen LogP contribution in [0, 0.1) is 24.0 Å². The van der Waals surface area contributed by atoms with Crippen molar-refractivity contribution in [1.29, 1.82) is 0 Å². The van der Waals surface area contributed by atoms with Gasteiger partial charge in [-0.2, -0.15) is 0 Å². The average molecular weight is 817 g/mol. The number of nitro benzene ring substituents is 1. The van der Waals surface area contributed by atoms with Gasteiger partial charge < -0.3 is 5.32 Å². The number of fused-ring (bicyclic) bond motifs is 1. The first-order valence-corrected chi connectivity index (χ1v) is 19.3. The first-order valence-electron chi connectivity index (χ1n) is 15.7. The summed E-state index contributed by atoms with van der Waals surface area (Å²) in [7, 11) is 0. The summed E-state index contributed by atoms with van der Waals surface area (Å²) >= 11 is 22.4. The van der Waals surface area contributed by atoms with E-state index < -0.39 is 4.92 Å². The third kappa shape index (κ3) is 8.13. The molecule has 0 bridgehead atoms. The van der Waals surface area contributed by atoms with Crippen molar-refractivity contribution in [3.05, 3.63) is 149 Å². The summed E-state index contributed by atoms with van der Waals surface area (Å²) in [5.74, 6) is -0.637. The highest BCUT2D eigenvalue weighted by Crippen LogP contribution is 2.42. The molecule has 5 aromatic carbocycles. The first-order chi connectivity index (χ1) is 25.4. The fourth-order valence-corrected chi connectivity index (χ4v) is 8.81. The van der Waals surface area contributed by atoms with Crippen LogP contribution in [0.3, 0.4) is 0 Å². The summed E-state index contributed by atoms with van der Waals surface area (Å²) in [5, 5.41) is 17.1.